The minimum atomic E-state index is -1.23. The largest absolute Gasteiger partial charge is 0.348 e. The van der Waals surface area contributed by atoms with Crippen molar-refractivity contribution < 1.29 is 14.4 Å². The molecule has 0 aliphatic carbocycles. The van der Waals surface area contributed by atoms with Gasteiger partial charge >= 0.3 is 6.03 Å². The van der Waals surface area contributed by atoms with Gasteiger partial charge in [-0.25, -0.2) is 4.79 Å². The van der Waals surface area contributed by atoms with Crippen molar-refractivity contribution in [3.63, 3.8) is 0 Å². The number of carbonyl (C=O) groups excluding carboxylic acids is 3. The number of urea groups is 1. The number of benzene rings is 3. The first kappa shape index (κ1) is 21.1. The summed E-state index contributed by atoms with van der Waals surface area (Å²) in [7, 11) is 0. The number of imide groups is 1. The Hall–Kier alpha value is -3.19. The third-order valence-corrected chi connectivity index (χ3v) is 6.33. The average molecular weight is 480 g/mol. The first-order valence-corrected chi connectivity index (χ1v) is 10.8. The van der Waals surface area contributed by atoms with Gasteiger partial charge in [-0.15, -0.1) is 0 Å². The second-order valence-corrected chi connectivity index (χ2v) is 8.68. The molecule has 3 aromatic carbocycles. The van der Waals surface area contributed by atoms with E-state index >= 15 is 0 Å². The number of hydrogen-bond acceptors (Lipinski definition) is 3. The van der Waals surface area contributed by atoms with Crippen molar-refractivity contribution in [1.82, 2.24) is 15.5 Å². The van der Waals surface area contributed by atoms with Crippen molar-refractivity contribution in [3.05, 3.63) is 82.3 Å². The lowest BCUT2D eigenvalue weighted by Gasteiger charge is -2.23. The van der Waals surface area contributed by atoms with E-state index in [4.69, 9.17) is 0 Å². The van der Waals surface area contributed by atoms with Crippen LogP contribution in [0.2, 0.25) is 0 Å². The first-order valence-electron chi connectivity index (χ1n) is 9.97. The number of fused-ring (bicyclic) bond motifs is 1. The number of hydrogen-bond donors (Lipinski definition) is 2. The lowest BCUT2D eigenvalue weighted by molar-refractivity contribution is -0.135. The van der Waals surface area contributed by atoms with E-state index < -0.39 is 23.4 Å². The van der Waals surface area contributed by atoms with Crippen LogP contribution < -0.4 is 10.6 Å². The number of amides is 4. The smallest absolute Gasteiger partial charge is 0.325 e. The topological polar surface area (TPSA) is 78.5 Å². The number of halogens is 1. The molecule has 2 atom stereocenters. The molecular weight excluding hydrogens is 458 g/mol. The highest BCUT2D eigenvalue weighted by molar-refractivity contribution is 9.10. The second kappa shape index (κ2) is 8.15. The Morgan fingerprint density at radius 3 is 2.48 bits per heavy atom. The summed E-state index contributed by atoms with van der Waals surface area (Å²) in [6.45, 7) is 3.17. The van der Waals surface area contributed by atoms with E-state index in [9.17, 15) is 14.4 Å². The van der Waals surface area contributed by atoms with Crippen molar-refractivity contribution in [2.24, 2.45) is 0 Å². The molecule has 6 nitrogen and oxygen atoms in total. The Morgan fingerprint density at radius 1 is 1.06 bits per heavy atom. The van der Waals surface area contributed by atoms with Crippen LogP contribution >= 0.6 is 15.9 Å². The number of nitrogens with zero attached hydrogens (tertiary/aromatic N) is 1. The molecule has 4 rings (SSSR count). The Balaban J connectivity index is 1.47. The minimum Gasteiger partial charge on any atom is -0.348 e. The molecule has 158 valence electrons. The van der Waals surface area contributed by atoms with E-state index in [1.54, 1.807) is 25.1 Å². The fraction of sp³-hybridized carbons (Fsp3) is 0.208. The fourth-order valence-corrected chi connectivity index (χ4v) is 4.56. The number of nitrogens with one attached hydrogen (secondary N) is 2. The highest BCUT2D eigenvalue weighted by atomic mass is 79.9. The van der Waals surface area contributed by atoms with E-state index in [1.165, 1.54) is 0 Å². The van der Waals surface area contributed by atoms with Gasteiger partial charge in [-0.3, -0.25) is 14.5 Å². The van der Waals surface area contributed by atoms with Crippen LogP contribution in [-0.2, 0) is 15.1 Å². The summed E-state index contributed by atoms with van der Waals surface area (Å²) in [5, 5.41) is 7.81. The molecule has 1 aliphatic rings. The van der Waals surface area contributed by atoms with Gasteiger partial charge in [-0.1, -0.05) is 70.5 Å². The van der Waals surface area contributed by atoms with Gasteiger partial charge in [-0.05, 0) is 42.3 Å². The van der Waals surface area contributed by atoms with Crippen LogP contribution in [0.1, 0.15) is 31.0 Å². The fourth-order valence-electron chi connectivity index (χ4n) is 3.88. The maximum Gasteiger partial charge on any atom is 0.325 e. The third kappa shape index (κ3) is 3.93. The molecule has 1 saturated heterocycles. The molecule has 2 N–H and O–H groups in total. The quantitative estimate of drug-likeness (QED) is 0.537. The highest BCUT2D eigenvalue weighted by Gasteiger charge is 2.50. The maximum absolute atomic E-state index is 13.1. The van der Waals surface area contributed by atoms with Gasteiger partial charge in [0.05, 0.1) is 6.04 Å². The van der Waals surface area contributed by atoms with Crippen LogP contribution in [0, 0.1) is 0 Å². The lowest BCUT2D eigenvalue weighted by atomic mass is 9.92. The predicted octanol–water partition coefficient (Wildman–Crippen LogP) is 4.25. The molecule has 0 radical (unpaired) electrons. The Labute approximate surface area is 188 Å². The molecule has 1 heterocycles. The summed E-state index contributed by atoms with van der Waals surface area (Å²) in [4.78, 5) is 39.2. The van der Waals surface area contributed by atoms with Crippen LogP contribution in [0.25, 0.3) is 10.8 Å². The summed E-state index contributed by atoms with van der Waals surface area (Å²) < 4.78 is 0.711. The van der Waals surface area contributed by atoms with Gasteiger partial charge in [0.15, 0.2) is 0 Å². The zero-order chi connectivity index (χ0) is 22.2. The summed E-state index contributed by atoms with van der Waals surface area (Å²) in [5.74, 6) is -0.863. The predicted molar refractivity (Wildman–Crippen MR) is 122 cm³/mol. The maximum atomic E-state index is 13.1. The third-order valence-electron chi connectivity index (χ3n) is 5.64. The van der Waals surface area contributed by atoms with Gasteiger partial charge < -0.3 is 10.6 Å². The summed E-state index contributed by atoms with van der Waals surface area (Å²) in [6.07, 6.45) is 0. The number of carbonyl (C=O) groups is 3. The van der Waals surface area contributed by atoms with Crippen LogP contribution in [0.5, 0.6) is 0 Å². The Morgan fingerprint density at radius 2 is 1.74 bits per heavy atom. The molecule has 0 bridgehead atoms. The van der Waals surface area contributed by atoms with E-state index in [0.29, 0.717) is 10.0 Å². The zero-order valence-electron chi connectivity index (χ0n) is 17.2. The van der Waals surface area contributed by atoms with Crippen molar-refractivity contribution in [2.75, 3.05) is 6.54 Å². The lowest BCUT2D eigenvalue weighted by Crippen LogP contribution is -2.43. The zero-order valence-corrected chi connectivity index (χ0v) is 18.8. The minimum absolute atomic E-state index is 0.271. The van der Waals surface area contributed by atoms with E-state index in [2.05, 4.69) is 26.6 Å². The van der Waals surface area contributed by atoms with Gasteiger partial charge in [0.1, 0.15) is 12.1 Å². The van der Waals surface area contributed by atoms with Crippen LogP contribution in [-0.4, -0.2) is 29.3 Å². The van der Waals surface area contributed by atoms with Crippen molar-refractivity contribution in [2.45, 2.75) is 25.4 Å². The molecule has 1 aliphatic heterocycles. The molecule has 0 aromatic heterocycles. The van der Waals surface area contributed by atoms with Crippen LogP contribution in [0.3, 0.4) is 0 Å². The second-order valence-electron chi connectivity index (χ2n) is 7.82. The molecule has 0 spiro atoms. The average Bonchev–Trinajstić information content (AvgIpc) is 2.97. The molecule has 31 heavy (non-hydrogen) atoms. The van der Waals surface area contributed by atoms with Gasteiger partial charge in [-0.2, -0.15) is 0 Å². The molecule has 7 heteroatoms. The van der Waals surface area contributed by atoms with Crippen molar-refractivity contribution in [3.8, 4) is 0 Å². The van der Waals surface area contributed by atoms with E-state index in [1.807, 2.05) is 55.5 Å². The molecular formula is C24H22BrN3O3. The standard InChI is InChI=1S/C24H22BrN3O3/c1-15(17-12-11-16-7-3-4-8-18(16)13-17)26-21(29)14-28-22(30)24(2,27-23(28)31)19-9-5-6-10-20(19)25/h3-13,15H,14H2,1-2H3,(H,26,29)(H,27,31). The normalized spacial score (nSPS) is 19.4. The van der Waals surface area contributed by atoms with Gasteiger partial charge in [0.2, 0.25) is 5.91 Å². The molecule has 3 aromatic rings. The Bertz CT molecular complexity index is 1200. The van der Waals surface area contributed by atoms with Gasteiger partial charge in [0.25, 0.3) is 5.91 Å². The summed E-state index contributed by atoms with van der Waals surface area (Å²) in [5.41, 5.74) is 0.351. The summed E-state index contributed by atoms with van der Waals surface area (Å²) >= 11 is 3.43. The number of rotatable bonds is 5. The van der Waals surface area contributed by atoms with E-state index in [0.717, 1.165) is 21.2 Å². The summed E-state index contributed by atoms with van der Waals surface area (Å²) in [6, 6.07) is 20.3. The highest BCUT2D eigenvalue weighted by Crippen LogP contribution is 2.33. The van der Waals surface area contributed by atoms with Gasteiger partial charge in [0, 0.05) is 10.0 Å². The Kier molecular flexibility index (Phi) is 5.54. The monoisotopic (exact) mass is 479 g/mol. The van der Waals surface area contributed by atoms with Crippen LogP contribution in [0.15, 0.2) is 71.2 Å². The van der Waals surface area contributed by atoms with Crippen molar-refractivity contribution >= 4 is 44.5 Å². The van der Waals surface area contributed by atoms with Crippen LogP contribution in [0.4, 0.5) is 4.79 Å². The SMILES string of the molecule is CC(NC(=O)CN1C(=O)NC(C)(c2ccccc2Br)C1=O)c1ccc2ccccc2c1. The molecule has 2 unspecified atom stereocenters. The van der Waals surface area contributed by atoms with E-state index in [-0.39, 0.29) is 12.6 Å². The molecule has 0 saturated carbocycles. The molecule has 1 fully saturated rings. The first-order chi connectivity index (χ1) is 14.8. The molecule has 4 amide bonds. The van der Waals surface area contributed by atoms with Crippen molar-refractivity contribution in [1.29, 1.82) is 0 Å².